The summed E-state index contributed by atoms with van der Waals surface area (Å²) < 4.78 is 65.7. The Morgan fingerprint density at radius 2 is 1.77 bits per heavy atom. The normalized spacial score (nSPS) is 12.0. The summed E-state index contributed by atoms with van der Waals surface area (Å²) in [6, 6.07) is 10.9. The Morgan fingerprint density at radius 1 is 1.00 bits per heavy atom. The van der Waals surface area contributed by atoms with Gasteiger partial charge in [0.25, 0.3) is 10.0 Å². The maximum Gasteiger partial charge on any atom is 0.418 e. The maximum atomic E-state index is 13.0. The summed E-state index contributed by atoms with van der Waals surface area (Å²) in [7, 11) is -3.73. The number of benzene rings is 1. The van der Waals surface area contributed by atoms with Gasteiger partial charge in [-0.25, -0.2) is 13.4 Å². The second-order valence-electron chi connectivity index (χ2n) is 5.14. The van der Waals surface area contributed by atoms with Crippen LogP contribution in [-0.4, -0.2) is 13.4 Å². The van der Waals surface area contributed by atoms with Crippen molar-refractivity contribution in [3.8, 4) is 0 Å². The van der Waals surface area contributed by atoms with E-state index in [-0.39, 0.29) is 15.7 Å². The Morgan fingerprint density at radius 3 is 2.38 bits per heavy atom. The molecule has 0 aliphatic heterocycles. The molecule has 0 atom stereocenters. The average molecular weight is 399 g/mol. The molecule has 0 fully saturated rings. The Kier molecular flexibility index (Phi) is 4.88. The van der Waals surface area contributed by atoms with Crippen molar-refractivity contribution in [3.05, 3.63) is 65.7 Å². The Balaban J connectivity index is 1.77. The monoisotopic (exact) mass is 399 g/mol. The van der Waals surface area contributed by atoms with Gasteiger partial charge >= 0.3 is 6.18 Å². The van der Waals surface area contributed by atoms with E-state index in [1.165, 1.54) is 42.6 Å². The van der Waals surface area contributed by atoms with Crippen molar-refractivity contribution in [2.24, 2.45) is 0 Å². The van der Waals surface area contributed by atoms with Crippen LogP contribution in [0.3, 0.4) is 0 Å². The van der Waals surface area contributed by atoms with Crippen LogP contribution in [0.2, 0.25) is 0 Å². The third-order valence-electron chi connectivity index (χ3n) is 3.27. The molecule has 1 aromatic carbocycles. The number of sulfonamides is 1. The zero-order valence-electron chi connectivity index (χ0n) is 13.0. The number of para-hydroxylation sites is 1. The zero-order chi connectivity index (χ0) is 18.8. The Hall–Kier alpha value is -2.59. The standard InChI is InChI=1S/C16H12F3N3O2S2/c17-16(18,19)12-4-1-2-5-13(12)21-11-7-8-14(20-10-11)22-26(23,24)15-6-3-9-25-15/h1-10,21H,(H,20,22). The van der Waals surface area contributed by atoms with E-state index in [0.29, 0.717) is 5.69 Å². The number of nitrogens with zero attached hydrogens (tertiary/aromatic N) is 1. The van der Waals surface area contributed by atoms with Crippen molar-refractivity contribution in [2.75, 3.05) is 10.0 Å². The van der Waals surface area contributed by atoms with Crippen LogP contribution in [0, 0.1) is 0 Å². The molecule has 0 spiro atoms. The Labute approximate surface area is 151 Å². The third-order valence-corrected chi connectivity index (χ3v) is 6.03. The number of thiophene rings is 1. The van der Waals surface area contributed by atoms with Crippen molar-refractivity contribution in [1.29, 1.82) is 0 Å². The first-order valence-electron chi connectivity index (χ1n) is 7.21. The van der Waals surface area contributed by atoms with Crippen LogP contribution in [0.15, 0.2) is 64.3 Å². The first-order valence-corrected chi connectivity index (χ1v) is 9.58. The lowest BCUT2D eigenvalue weighted by Gasteiger charge is -2.14. The number of hydrogen-bond acceptors (Lipinski definition) is 5. The van der Waals surface area contributed by atoms with Gasteiger partial charge in [-0.2, -0.15) is 13.2 Å². The fraction of sp³-hybridized carbons (Fsp3) is 0.0625. The van der Waals surface area contributed by atoms with E-state index in [1.54, 1.807) is 11.4 Å². The van der Waals surface area contributed by atoms with E-state index in [2.05, 4.69) is 15.0 Å². The first-order chi connectivity index (χ1) is 12.3. The molecule has 0 aliphatic carbocycles. The molecule has 3 rings (SSSR count). The summed E-state index contributed by atoms with van der Waals surface area (Å²) >= 11 is 1.06. The van der Waals surface area contributed by atoms with Gasteiger partial charge in [-0.05, 0) is 35.7 Å². The largest absolute Gasteiger partial charge is 0.418 e. The van der Waals surface area contributed by atoms with Gasteiger partial charge in [-0.1, -0.05) is 18.2 Å². The van der Waals surface area contributed by atoms with Gasteiger partial charge in [0.15, 0.2) is 0 Å². The van der Waals surface area contributed by atoms with Crippen LogP contribution in [0.1, 0.15) is 5.56 Å². The molecule has 5 nitrogen and oxygen atoms in total. The lowest BCUT2D eigenvalue weighted by atomic mass is 10.1. The highest BCUT2D eigenvalue weighted by molar-refractivity contribution is 7.94. The first kappa shape index (κ1) is 18.2. The summed E-state index contributed by atoms with van der Waals surface area (Å²) in [5, 5.41) is 4.27. The molecule has 2 N–H and O–H groups in total. The summed E-state index contributed by atoms with van der Waals surface area (Å²) in [5.41, 5.74) is -0.628. The van der Waals surface area contributed by atoms with Crippen molar-refractivity contribution < 1.29 is 21.6 Å². The smallest absolute Gasteiger partial charge is 0.354 e. The molecular formula is C16H12F3N3O2S2. The fourth-order valence-electron chi connectivity index (χ4n) is 2.13. The van der Waals surface area contributed by atoms with Gasteiger partial charge in [0, 0.05) is 0 Å². The third kappa shape index (κ3) is 4.14. The van der Waals surface area contributed by atoms with Crippen molar-refractivity contribution >= 4 is 38.6 Å². The predicted molar refractivity (Wildman–Crippen MR) is 94.1 cm³/mol. The number of alkyl halides is 3. The van der Waals surface area contributed by atoms with E-state index in [9.17, 15) is 21.6 Å². The molecule has 0 saturated carbocycles. The predicted octanol–water partition coefficient (Wildman–Crippen LogP) is 4.71. The minimum absolute atomic E-state index is 0.0630. The molecule has 0 bridgehead atoms. The van der Waals surface area contributed by atoms with E-state index < -0.39 is 21.8 Å². The molecule has 136 valence electrons. The average Bonchev–Trinajstić information content (AvgIpc) is 3.11. The summed E-state index contributed by atoms with van der Waals surface area (Å²) in [6.07, 6.45) is -3.24. The highest BCUT2D eigenvalue weighted by atomic mass is 32.2. The lowest BCUT2D eigenvalue weighted by Crippen LogP contribution is -2.12. The van der Waals surface area contributed by atoms with Gasteiger partial charge in [-0.3, -0.25) is 4.72 Å². The zero-order valence-corrected chi connectivity index (χ0v) is 14.6. The molecule has 2 aromatic heterocycles. The molecule has 26 heavy (non-hydrogen) atoms. The van der Waals surface area contributed by atoms with E-state index in [0.717, 1.165) is 17.4 Å². The van der Waals surface area contributed by atoms with Gasteiger partial charge in [0.1, 0.15) is 10.0 Å². The molecule has 0 radical (unpaired) electrons. The maximum absolute atomic E-state index is 13.0. The number of hydrogen-bond donors (Lipinski definition) is 2. The number of anilines is 3. The number of nitrogens with one attached hydrogen (secondary N) is 2. The molecule has 3 aromatic rings. The summed E-state index contributed by atoms with van der Waals surface area (Å²) in [4.78, 5) is 3.93. The minimum Gasteiger partial charge on any atom is -0.354 e. The van der Waals surface area contributed by atoms with Crippen molar-refractivity contribution in [3.63, 3.8) is 0 Å². The van der Waals surface area contributed by atoms with Crippen LogP contribution in [0.4, 0.5) is 30.4 Å². The van der Waals surface area contributed by atoms with Gasteiger partial charge in [0.2, 0.25) is 0 Å². The molecule has 0 saturated heterocycles. The molecule has 2 heterocycles. The fourth-order valence-corrected chi connectivity index (χ4v) is 4.13. The quantitative estimate of drug-likeness (QED) is 0.652. The number of pyridine rings is 1. The minimum atomic E-state index is -4.49. The van der Waals surface area contributed by atoms with Crippen LogP contribution >= 0.6 is 11.3 Å². The Bertz CT molecular complexity index is 986. The van der Waals surface area contributed by atoms with Gasteiger partial charge in [0.05, 0.1) is 23.1 Å². The number of aromatic nitrogens is 1. The molecule has 10 heteroatoms. The van der Waals surface area contributed by atoms with Crippen LogP contribution in [0.25, 0.3) is 0 Å². The molecule has 0 amide bonds. The summed E-state index contributed by atoms with van der Waals surface area (Å²) in [5.74, 6) is 0.0630. The number of rotatable bonds is 5. The second kappa shape index (κ2) is 6.96. The molecular weight excluding hydrogens is 387 g/mol. The van der Waals surface area contributed by atoms with Crippen LogP contribution in [-0.2, 0) is 16.2 Å². The molecule has 0 unspecified atom stereocenters. The highest BCUT2D eigenvalue weighted by Crippen LogP contribution is 2.35. The SMILES string of the molecule is O=S(=O)(Nc1ccc(Nc2ccccc2C(F)(F)F)cn1)c1cccs1. The van der Waals surface area contributed by atoms with Crippen molar-refractivity contribution in [1.82, 2.24) is 4.98 Å². The lowest BCUT2D eigenvalue weighted by molar-refractivity contribution is -0.136. The highest BCUT2D eigenvalue weighted by Gasteiger charge is 2.33. The number of halogens is 3. The van der Waals surface area contributed by atoms with E-state index in [1.807, 2.05) is 0 Å². The second-order valence-corrected chi connectivity index (χ2v) is 7.99. The summed E-state index contributed by atoms with van der Waals surface area (Å²) in [6.45, 7) is 0. The van der Waals surface area contributed by atoms with Crippen LogP contribution in [0.5, 0.6) is 0 Å². The van der Waals surface area contributed by atoms with Gasteiger partial charge < -0.3 is 5.32 Å². The van der Waals surface area contributed by atoms with Crippen LogP contribution < -0.4 is 10.0 Å². The van der Waals surface area contributed by atoms with Gasteiger partial charge in [-0.15, -0.1) is 11.3 Å². The van der Waals surface area contributed by atoms with Crippen molar-refractivity contribution in [2.45, 2.75) is 10.4 Å². The molecule has 0 aliphatic rings. The van der Waals surface area contributed by atoms with E-state index in [4.69, 9.17) is 0 Å². The van der Waals surface area contributed by atoms with E-state index >= 15 is 0 Å². The topological polar surface area (TPSA) is 71.1 Å².